The molecule has 12 aromatic rings. The van der Waals surface area contributed by atoms with Gasteiger partial charge in [-0.15, -0.1) is 0 Å². The Hall–Kier alpha value is -6.72. The van der Waals surface area contributed by atoms with Crippen molar-refractivity contribution in [1.82, 2.24) is 18.9 Å². The number of hydrogen-bond donors (Lipinski definition) is 0. The molecule has 5 heterocycles. The number of fused-ring (bicyclic) bond motifs is 15. The third-order valence-corrected chi connectivity index (χ3v) is 10.5. The molecule has 0 aliphatic rings. The Morgan fingerprint density at radius 2 is 1.14 bits per heavy atom. The summed E-state index contributed by atoms with van der Waals surface area (Å²) < 4.78 is 11.2. The summed E-state index contributed by atoms with van der Waals surface area (Å²) in [5.74, 6) is 0.585. The molecule has 0 saturated carbocycles. The first-order chi connectivity index (χ1) is 24.3. The van der Waals surface area contributed by atoms with Crippen molar-refractivity contribution in [1.29, 1.82) is 0 Å². The maximum absolute atomic E-state index is 6.50. The van der Waals surface area contributed by atoms with Gasteiger partial charge in [-0.2, -0.15) is 4.98 Å². The highest BCUT2D eigenvalue weighted by molar-refractivity contribution is 6.38. The topological polar surface area (TPSA) is 48.3 Å². The van der Waals surface area contributed by atoms with Crippen LogP contribution in [0, 0.1) is 0 Å². The van der Waals surface area contributed by atoms with Gasteiger partial charge in [0.15, 0.2) is 0 Å². The number of aromatic nitrogens is 4. The molecule has 0 saturated heterocycles. The third-order valence-electron chi connectivity index (χ3n) is 10.5. The third kappa shape index (κ3) is 3.15. The summed E-state index contributed by atoms with van der Waals surface area (Å²) in [4.78, 5) is 10.7. The van der Waals surface area contributed by atoms with Gasteiger partial charge in [-0.3, -0.25) is 4.57 Å². The number of benzene rings is 7. The zero-order valence-electron chi connectivity index (χ0n) is 26.1. The van der Waals surface area contributed by atoms with E-state index in [-0.39, 0.29) is 0 Å². The molecule has 0 aliphatic carbocycles. The molecule has 0 bridgehead atoms. The smallest absolute Gasteiger partial charge is 0.238 e. The molecule has 0 aliphatic heterocycles. The second kappa shape index (κ2) is 9.00. The lowest BCUT2D eigenvalue weighted by molar-refractivity contribution is 0.651. The number of hydrogen-bond acceptors (Lipinski definition) is 3. The van der Waals surface area contributed by atoms with E-state index in [1.807, 2.05) is 24.3 Å². The Balaban J connectivity index is 1.35. The number of furan rings is 1. The van der Waals surface area contributed by atoms with Crippen LogP contribution in [0.5, 0.6) is 0 Å². The standard InChI is InChI=1S/C44H24N4O/c1-2-13-26(14-3-1)41-39-30-18-8-11-21-36(30)49-43(39)46-44(45-41)48-34-23-22-25-12-4-5-15-27(25)37(34)40-35(48)24-31-28-16-6-9-19-32(28)47-33-20-10-7-17-29(33)38(40)42(31)47/h1-24H. The lowest BCUT2D eigenvalue weighted by Crippen LogP contribution is -2.02. The van der Waals surface area contributed by atoms with Gasteiger partial charge in [-0.05, 0) is 41.1 Å². The van der Waals surface area contributed by atoms with Crippen LogP contribution in [-0.2, 0) is 0 Å². The summed E-state index contributed by atoms with van der Waals surface area (Å²) in [7, 11) is 0. The van der Waals surface area contributed by atoms with Crippen LogP contribution in [-0.4, -0.2) is 18.9 Å². The second-order valence-corrected chi connectivity index (χ2v) is 12.9. The molecule has 5 nitrogen and oxygen atoms in total. The minimum atomic E-state index is 0.577. The van der Waals surface area contributed by atoms with Gasteiger partial charge in [-0.25, -0.2) is 4.98 Å². The lowest BCUT2D eigenvalue weighted by atomic mass is 9.99. The van der Waals surface area contributed by atoms with Crippen LogP contribution < -0.4 is 0 Å². The van der Waals surface area contributed by atoms with E-state index >= 15 is 0 Å². The molecule has 12 rings (SSSR count). The van der Waals surface area contributed by atoms with E-state index in [1.54, 1.807) is 0 Å². The van der Waals surface area contributed by atoms with Gasteiger partial charge in [0.05, 0.1) is 38.7 Å². The highest BCUT2D eigenvalue weighted by atomic mass is 16.3. The van der Waals surface area contributed by atoms with E-state index in [0.717, 1.165) is 38.6 Å². The van der Waals surface area contributed by atoms with Gasteiger partial charge in [-0.1, -0.05) is 115 Å². The van der Waals surface area contributed by atoms with Gasteiger partial charge in [0.1, 0.15) is 5.58 Å². The van der Waals surface area contributed by atoms with Gasteiger partial charge in [0, 0.05) is 43.3 Å². The molecule has 5 heteroatoms. The van der Waals surface area contributed by atoms with E-state index in [9.17, 15) is 0 Å². The quantitative estimate of drug-likeness (QED) is 0.192. The molecule has 226 valence electrons. The molecule has 0 radical (unpaired) electrons. The fourth-order valence-corrected chi connectivity index (χ4v) is 8.51. The van der Waals surface area contributed by atoms with Crippen molar-refractivity contribution in [3.8, 4) is 17.2 Å². The summed E-state index contributed by atoms with van der Waals surface area (Å²) in [6.45, 7) is 0. The van der Waals surface area contributed by atoms with E-state index < -0.39 is 0 Å². The van der Waals surface area contributed by atoms with Crippen LogP contribution in [0.2, 0.25) is 0 Å². The van der Waals surface area contributed by atoms with Crippen molar-refractivity contribution in [2.24, 2.45) is 0 Å². The summed E-state index contributed by atoms with van der Waals surface area (Å²) >= 11 is 0. The number of nitrogens with zero attached hydrogens (tertiary/aromatic N) is 4. The summed E-state index contributed by atoms with van der Waals surface area (Å²) in [6, 6.07) is 51.6. The fraction of sp³-hybridized carbons (Fsp3) is 0. The molecular formula is C44H24N4O. The molecule has 0 unspecified atom stereocenters. The Kier molecular flexibility index (Phi) is 4.66. The van der Waals surface area contributed by atoms with Crippen molar-refractivity contribution in [2.75, 3.05) is 0 Å². The largest absolute Gasteiger partial charge is 0.437 e. The molecule has 0 spiro atoms. The summed E-state index contributed by atoms with van der Waals surface area (Å²) in [6.07, 6.45) is 0. The molecule has 0 atom stereocenters. The first-order valence-corrected chi connectivity index (χ1v) is 16.6. The Morgan fingerprint density at radius 1 is 0.449 bits per heavy atom. The first kappa shape index (κ1) is 25.4. The molecular weight excluding hydrogens is 601 g/mol. The van der Waals surface area contributed by atoms with Crippen molar-refractivity contribution in [3.05, 3.63) is 146 Å². The summed E-state index contributed by atoms with van der Waals surface area (Å²) in [5.41, 5.74) is 9.06. The highest BCUT2D eigenvalue weighted by Gasteiger charge is 2.27. The Labute approximate surface area is 278 Å². The zero-order valence-corrected chi connectivity index (χ0v) is 26.1. The second-order valence-electron chi connectivity index (χ2n) is 12.9. The molecule has 49 heavy (non-hydrogen) atoms. The van der Waals surface area contributed by atoms with Crippen LogP contribution in [0.4, 0.5) is 0 Å². The SMILES string of the molecule is c1ccc(-c2nc(-n3c4ccc5ccccc5c4c4c5c6ccccc6n6c7ccccc7c(cc43)c56)nc3oc4ccccc4c23)cc1. The van der Waals surface area contributed by atoms with Crippen molar-refractivity contribution >= 4 is 92.7 Å². The number of rotatable bonds is 2. The normalized spacial score (nSPS) is 12.5. The molecule has 0 fully saturated rings. The van der Waals surface area contributed by atoms with Crippen LogP contribution >= 0.6 is 0 Å². The molecule has 7 aromatic carbocycles. The molecule has 5 aromatic heterocycles. The zero-order chi connectivity index (χ0) is 31.8. The van der Waals surface area contributed by atoms with Crippen molar-refractivity contribution < 1.29 is 4.42 Å². The maximum atomic E-state index is 6.50. The number of para-hydroxylation sites is 3. The minimum Gasteiger partial charge on any atom is -0.437 e. The van der Waals surface area contributed by atoms with Crippen molar-refractivity contribution in [3.63, 3.8) is 0 Å². The fourth-order valence-electron chi connectivity index (χ4n) is 8.51. The van der Waals surface area contributed by atoms with E-state index in [0.29, 0.717) is 11.7 Å². The lowest BCUT2D eigenvalue weighted by Gasteiger charge is -2.10. The van der Waals surface area contributed by atoms with E-state index in [4.69, 9.17) is 14.4 Å². The van der Waals surface area contributed by atoms with Crippen molar-refractivity contribution in [2.45, 2.75) is 0 Å². The van der Waals surface area contributed by atoms with Crippen LogP contribution in [0.15, 0.2) is 150 Å². The average Bonchev–Trinajstić information content (AvgIpc) is 3.90. The minimum absolute atomic E-state index is 0.577. The van der Waals surface area contributed by atoms with Gasteiger partial charge in [0.25, 0.3) is 0 Å². The predicted molar refractivity (Wildman–Crippen MR) is 201 cm³/mol. The molecule has 0 N–H and O–H groups in total. The monoisotopic (exact) mass is 624 g/mol. The van der Waals surface area contributed by atoms with Gasteiger partial charge in [0.2, 0.25) is 11.7 Å². The maximum Gasteiger partial charge on any atom is 0.238 e. The Morgan fingerprint density at radius 3 is 2.00 bits per heavy atom. The van der Waals surface area contributed by atoms with Gasteiger partial charge >= 0.3 is 0 Å². The predicted octanol–water partition coefficient (Wildman–Crippen LogP) is 11.4. The van der Waals surface area contributed by atoms with E-state index in [1.165, 1.54) is 59.6 Å². The highest BCUT2D eigenvalue weighted by Crippen LogP contribution is 2.48. The van der Waals surface area contributed by atoms with Crippen LogP contribution in [0.1, 0.15) is 0 Å². The van der Waals surface area contributed by atoms with Crippen LogP contribution in [0.3, 0.4) is 0 Å². The molecule has 0 amide bonds. The summed E-state index contributed by atoms with van der Waals surface area (Å²) in [5, 5.41) is 11.7. The van der Waals surface area contributed by atoms with E-state index in [2.05, 4.69) is 130 Å². The Bertz CT molecular complexity index is 3330. The van der Waals surface area contributed by atoms with Crippen LogP contribution in [0.25, 0.3) is 110 Å². The van der Waals surface area contributed by atoms with Gasteiger partial charge < -0.3 is 8.82 Å². The average molecular weight is 625 g/mol. The first-order valence-electron chi connectivity index (χ1n) is 16.6.